The topological polar surface area (TPSA) is 69.8 Å². The third-order valence-electron chi connectivity index (χ3n) is 4.11. The van der Waals surface area contributed by atoms with Gasteiger partial charge in [0.05, 0.1) is 16.9 Å². The monoisotopic (exact) mass is 277 g/mol. The lowest BCUT2D eigenvalue weighted by molar-refractivity contribution is 0.0697. The Morgan fingerprint density at radius 1 is 1.45 bits per heavy atom. The highest BCUT2D eigenvalue weighted by atomic mass is 16.4. The molecule has 0 amide bonds. The summed E-state index contributed by atoms with van der Waals surface area (Å²) in [4.78, 5) is 15.6. The SMILES string of the molecule is CCN(CC)C1CCN(c2ccc(C(=O)O)cc2N)C1. The van der Waals surface area contributed by atoms with Gasteiger partial charge in [-0.05, 0) is 37.7 Å². The van der Waals surface area contributed by atoms with Crippen LogP contribution in [0.25, 0.3) is 0 Å². The first-order valence-electron chi connectivity index (χ1n) is 7.18. The number of anilines is 2. The zero-order chi connectivity index (χ0) is 14.7. The van der Waals surface area contributed by atoms with E-state index < -0.39 is 5.97 Å². The molecule has 110 valence electrons. The summed E-state index contributed by atoms with van der Waals surface area (Å²) >= 11 is 0. The van der Waals surface area contributed by atoms with Gasteiger partial charge in [-0.3, -0.25) is 4.90 Å². The summed E-state index contributed by atoms with van der Waals surface area (Å²) in [5.41, 5.74) is 7.74. The van der Waals surface area contributed by atoms with Gasteiger partial charge in [-0.15, -0.1) is 0 Å². The van der Waals surface area contributed by atoms with E-state index in [4.69, 9.17) is 10.8 Å². The minimum absolute atomic E-state index is 0.241. The van der Waals surface area contributed by atoms with Gasteiger partial charge in [0, 0.05) is 19.1 Å². The molecule has 1 aromatic carbocycles. The number of carbonyl (C=O) groups is 1. The molecule has 0 saturated carbocycles. The maximum Gasteiger partial charge on any atom is 0.335 e. The number of nitrogen functional groups attached to an aromatic ring is 1. The molecule has 1 heterocycles. The molecule has 0 aromatic heterocycles. The van der Waals surface area contributed by atoms with Crippen molar-refractivity contribution in [3.05, 3.63) is 23.8 Å². The molecule has 1 aliphatic heterocycles. The van der Waals surface area contributed by atoms with Crippen molar-refractivity contribution in [2.75, 3.05) is 36.8 Å². The van der Waals surface area contributed by atoms with Crippen LogP contribution in [0.4, 0.5) is 11.4 Å². The first-order chi connectivity index (χ1) is 9.56. The fraction of sp³-hybridized carbons (Fsp3) is 0.533. The number of hydrogen-bond acceptors (Lipinski definition) is 4. The van der Waals surface area contributed by atoms with E-state index in [1.165, 1.54) is 0 Å². The molecule has 2 rings (SSSR count). The third kappa shape index (κ3) is 2.88. The lowest BCUT2D eigenvalue weighted by atomic mass is 10.1. The van der Waals surface area contributed by atoms with Crippen molar-refractivity contribution in [1.29, 1.82) is 0 Å². The Morgan fingerprint density at radius 3 is 2.70 bits per heavy atom. The Balaban J connectivity index is 2.12. The van der Waals surface area contributed by atoms with Crippen LogP contribution in [-0.2, 0) is 0 Å². The summed E-state index contributed by atoms with van der Waals surface area (Å²) in [5.74, 6) is -0.939. The van der Waals surface area contributed by atoms with Crippen molar-refractivity contribution in [3.8, 4) is 0 Å². The quantitative estimate of drug-likeness (QED) is 0.804. The Morgan fingerprint density at radius 2 is 2.15 bits per heavy atom. The second-order valence-corrected chi connectivity index (χ2v) is 5.19. The van der Waals surface area contributed by atoms with E-state index in [1.54, 1.807) is 12.1 Å². The van der Waals surface area contributed by atoms with Crippen LogP contribution in [0.3, 0.4) is 0 Å². The number of nitrogens with two attached hydrogens (primary N) is 1. The summed E-state index contributed by atoms with van der Waals surface area (Å²) < 4.78 is 0. The van der Waals surface area contributed by atoms with E-state index >= 15 is 0 Å². The largest absolute Gasteiger partial charge is 0.478 e. The first kappa shape index (κ1) is 14.7. The van der Waals surface area contributed by atoms with E-state index in [-0.39, 0.29) is 5.56 Å². The average molecular weight is 277 g/mol. The van der Waals surface area contributed by atoms with Crippen LogP contribution in [0.5, 0.6) is 0 Å². The number of hydrogen-bond donors (Lipinski definition) is 2. The van der Waals surface area contributed by atoms with Crippen LogP contribution in [-0.4, -0.2) is 48.2 Å². The van der Waals surface area contributed by atoms with Gasteiger partial charge in [0.15, 0.2) is 0 Å². The number of carboxylic acids is 1. The number of carboxylic acid groups (broad SMARTS) is 1. The van der Waals surface area contributed by atoms with Gasteiger partial charge in [0.1, 0.15) is 0 Å². The smallest absolute Gasteiger partial charge is 0.335 e. The van der Waals surface area contributed by atoms with Gasteiger partial charge in [0.25, 0.3) is 0 Å². The molecule has 1 aromatic rings. The van der Waals surface area contributed by atoms with Crippen molar-refractivity contribution in [3.63, 3.8) is 0 Å². The number of likely N-dealkylation sites (N-methyl/N-ethyl adjacent to an activating group) is 1. The van der Waals surface area contributed by atoms with Gasteiger partial charge < -0.3 is 15.7 Å². The maximum atomic E-state index is 10.9. The van der Waals surface area contributed by atoms with Crippen molar-refractivity contribution < 1.29 is 9.90 Å². The van der Waals surface area contributed by atoms with E-state index in [0.29, 0.717) is 11.7 Å². The molecule has 0 spiro atoms. The summed E-state index contributed by atoms with van der Waals surface area (Å²) in [6, 6.07) is 5.55. The summed E-state index contributed by atoms with van der Waals surface area (Å²) in [7, 11) is 0. The van der Waals surface area contributed by atoms with E-state index in [9.17, 15) is 4.79 Å². The molecule has 1 aliphatic rings. The van der Waals surface area contributed by atoms with Crippen molar-refractivity contribution >= 4 is 17.3 Å². The average Bonchev–Trinajstić information content (AvgIpc) is 2.89. The Hall–Kier alpha value is -1.75. The molecule has 5 heteroatoms. The van der Waals surface area contributed by atoms with Gasteiger partial charge in [-0.25, -0.2) is 4.79 Å². The minimum Gasteiger partial charge on any atom is -0.478 e. The number of nitrogens with zero attached hydrogens (tertiary/aromatic N) is 2. The third-order valence-corrected chi connectivity index (χ3v) is 4.11. The normalized spacial score (nSPS) is 18.8. The van der Waals surface area contributed by atoms with Crippen molar-refractivity contribution in [1.82, 2.24) is 4.90 Å². The summed E-state index contributed by atoms with van der Waals surface area (Å²) in [5, 5.41) is 8.97. The number of benzene rings is 1. The lowest BCUT2D eigenvalue weighted by Crippen LogP contribution is -2.37. The minimum atomic E-state index is -0.939. The zero-order valence-corrected chi connectivity index (χ0v) is 12.2. The molecule has 0 aliphatic carbocycles. The highest BCUT2D eigenvalue weighted by Crippen LogP contribution is 2.29. The van der Waals surface area contributed by atoms with Crippen LogP contribution in [0, 0.1) is 0 Å². The highest BCUT2D eigenvalue weighted by molar-refractivity contribution is 5.90. The van der Waals surface area contributed by atoms with E-state index in [0.717, 1.165) is 38.3 Å². The molecular formula is C15H23N3O2. The summed E-state index contributed by atoms with van der Waals surface area (Å²) in [6.07, 6.45) is 1.13. The van der Waals surface area contributed by atoms with Gasteiger partial charge in [-0.2, -0.15) is 0 Å². The zero-order valence-electron chi connectivity index (χ0n) is 12.2. The summed E-state index contributed by atoms with van der Waals surface area (Å²) in [6.45, 7) is 8.41. The second kappa shape index (κ2) is 6.13. The van der Waals surface area contributed by atoms with Crippen LogP contribution in [0.15, 0.2) is 18.2 Å². The Kier molecular flexibility index (Phi) is 4.49. The van der Waals surface area contributed by atoms with Crippen molar-refractivity contribution in [2.45, 2.75) is 26.3 Å². The Bertz CT molecular complexity index is 486. The molecule has 1 unspecified atom stereocenters. The number of rotatable bonds is 5. The lowest BCUT2D eigenvalue weighted by Gasteiger charge is -2.27. The van der Waals surface area contributed by atoms with Gasteiger partial charge in [-0.1, -0.05) is 13.8 Å². The first-order valence-corrected chi connectivity index (χ1v) is 7.18. The van der Waals surface area contributed by atoms with Gasteiger partial charge in [0.2, 0.25) is 0 Å². The van der Waals surface area contributed by atoms with Crippen LogP contribution in [0.1, 0.15) is 30.6 Å². The second-order valence-electron chi connectivity index (χ2n) is 5.19. The predicted octanol–water partition coefficient (Wildman–Crippen LogP) is 1.89. The molecule has 3 N–H and O–H groups in total. The van der Waals surface area contributed by atoms with Crippen LogP contribution < -0.4 is 10.6 Å². The fourth-order valence-corrected chi connectivity index (χ4v) is 2.97. The van der Waals surface area contributed by atoms with Crippen LogP contribution in [0.2, 0.25) is 0 Å². The molecule has 1 fully saturated rings. The van der Waals surface area contributed by atoms with E-state index in [1.807, 2.05) is 6.07 Å². The fourth-order valence-electron chi connectivity index (χ4n) is 2.97. The molecule has 0 bridgehead atoms. The standard InChI is InChI=1S/C15H23N3O2/c1-3-17(4-2)12-7-8-18(10-12)14-6-5-11(15(19)20)9-13(14)16/h5-6,9,12H,3-4,7-8,10,16H2,1-2H3,(H,19,20). The Labute approximate surface area is 120 Å². The molecule has 1 saturated heterocycles. The molecule has 0 radical (unpaired) electrons. The molecular weight excluding hydrogens is 254 g/mol. The van der Waals surface area contributed by atoms with E-state index in [2.05, 4.69) is 23.6 Å². The molecule has 20 heavy (non-hydrogen) atoms. The number of aromatic carboxylic acids is 1. The van der Waals surface area contributed by atoms with Gasteiger partial charge >= 0.3 is 5.97 Å². The maximum absolute atomic E-state index is 10.9. The predicted molar refractivity (Wildman–Crippen MR) is 81.4 cm³/mol. The van der Waals surface area contributed by atoms with Crippen LogP contribution >= 0.6 is 0 Å². The highest BCUT2D eigenvalue weighted by Gasteiger charge is 2.27. The van der Waals surface area contributed by atoms with Crippen molar-refractivity contribution in [2.24, 2.45) is 0 Å². The molecule has 1 atom stereocenters. The molecule has 5 nitrogen and oxygen atoms in total.